The van der Waals surface area contributed by atoms with Crippen LogP contribution in [0.4, 0.5) is 4.79 Å². The monoisotopic (exact) mass is 381 g/mol. The van der Waals surface area contributed by atoms with Crippen LogP contribution in [0.5, 0.6) is 5.75 Å². The maximum Gasteiger partial charge on any atom is 0.293 e. The quantitative estimate of drug-likeness (QED) is 0.640. The predicted octanol–water partition coefficient (Wildman–Crippen LogP) is 5.27. The molecule has 2 aromatic carbocycles. The van der Waals surface area contributed by atoms with E-state index in [4.69, 9.17) is 4.74 Å². The second-order valence-corrected chi connectivity index (χ2v) is 7.96. The molecule has 140 valence electrons. The normalized spacial score (nSPS) is 15.9. The first-order valence-corrected chi connectivity index (χ1v) is 9.78. The lowest BCUT2D eigenvalue weighted by Gasteiger charge is -2.14. The van der Waals surface area contributed by atoms with Crippen molar-refractivity contribution in [3.63, 3.8) is 0 Å². The summed E-state index contributed by atoms with van der Waals surface area (Å²) in [5.74, 6) is 1.02. The summed E-state index contributed by atoms with van der Waals surface area (Å²) in [6.45, 7) is 7.14. The highest BCUT2D eigenvalue weighted by Gasteiger charge is 2.35. The van der Waals surface area contributed by atoms with Gasteiger partial charge in [0.05, 0.1) is 18.1 Å². The summed E-state index contributed by atoms with van der Waals surface area (Å²) in [6, 6.07) is 15.3. The van der Waals surface area contributed by atoms with Crippen LogP contribution in [0.3, 0.4) is 0 Å². The second kappa shape index (κ2) is 8.44. The lowest BCUT2D eigenvalue weighted by molar-refractivity contribution is -0.123. The average molecular weight is 381 g/mol. The molecule has 3 rings (SSSR count). The second-order valence-electron chi connectivity index (χ2n) is 6.97. The van der Waals surface area contributed by atoms with E-state index < -0.39 is 0 Å². The molecule has 1 saturated heterocycles. The predicted molar refractivity (Wildman–Crippen MR) is 109 cm³/mol. The number of hydrogen-bond acceptors (Lipinski definition) is 4. The summed E-state index contributed by atoms with van der Waals surface area (Å²) in [5, 5.41) is -0.230. The summed E-state index contributed by atoms with van der Waals surface area (Å²) in [6.07, 6.45) is 1.76. The van der Waals surface area contributed by atoms with Crippen molar-refractivity contribution >= 4 is 29.0 Å². The maximum atomic E-state index is 12.7. The Morgan fingerprint density at radius 1 is 1.07 bits per heavy atom. The van der Waals surface area contributed by atoms with Crippen molar-refractivity contribution in [3.05, 3.63) is 70.1 Å². The van der Waals surface area contributed by atoms with Crippen LogP contribution in [-0.2, 0) is 11.3 Å². The van der Waals surface area contributed by atoms with Gasteiger partial charge < -0.3 is 4.74 Å². The zero-order valence-electron chi connectivity index (χ0n) is 15.8. The van der Waals surface area contributed by atoms with Crippen LogP contribution in [0, 0.1) is 12.8 Å². The fourth-order valence-electron chi connectivity index (χ4n) is 2.67. The molecule has 5 heteroatoms. The Morgan fingerprint density at radius 3 is 2.44 bits per heavy atom. The fraction of sp³-hybridized carbons (Fsp3) is 0.273. The first kappa shape index (κ1) is 19.2. The summed E-state index contributed by atoms with van der Waals surface area (Å²) in [7, 11) is 0. The molecule has 0 bridgehead atoms. The van der Waals surface area contributed by atoms with Crippen molar-refractivity contribution in [1.82, 2.24) is 4.90 Å². The third kappa shape index (κ3) is 4.80. The van der Waals surface area contributed by atoms with E-state index in [0.29, 0.717) is 24.0 Å². The van der Waals surface area contributed by atoms with E-state index in [0.717, 1.165) is 34.2 Å². The number of benzene rings is 2. The van der Waals surface area contributed by atoms with Crippen molar-refractivity contribution in [2.75, 3.05) is 6.61 Å². The van der Waals surface area contributed by atoms with E-state index in [1.165, 1.54) is 4.90 Å². The Hall–Kier alpha value is -2.53. The molecule has 0 unspecified atom stereocenters. The van der Waals surface area contributed by atoms with Gasteiger partial charge in [-0.15, -0.1) is 0 Å². The lowest BCUT2D eigenvalue weighted by atomic mass is 10.1. The van der Waals surface area contributed by atoms with Crippen LogP contribution in [0.2, 0.25) is 0 Å². The molecular weight excluding hydrogens is 358 g/mol. The average Bonchev–Trinajstić information content (AvgIpc) is 2.90. The Labute approximate surface area is 164 Å². The number of nitrogens with zero attached hydrogens (tertiary/aromatic N) is 1. The third-order valence-electron chi connectivity index (χ3n) is 4.22. The third-order valence-corrected chi connectivity index (χ3v) is 5.13. The molecule has 1 heterocycles. The molecule has 0 aliphatic carbocycles. The van der Waals surface area contributed by atoms with E-state index in [-0.39, 0.29) is 11.1 Å². The van der Waals surface area contributed by atoms with Gasteiger partial charge >= 0.3 is 0 Å². The lowest BCUT2D eigenvalue weighted by Crippen LogP contribution is -2.27. The summed E-state index contributed by atoms with van der Waals surface area (Å²) in [5.41, 5.74) is 2.92. The molecule has 2 amide bonds. The van der Waals surface area contributed by atoms with E-state index in [1.54, 1.807) is 6.08 Å². The van der Waals surface area contributed by atoms with Crippen LogP contribution in [0.1, 0.15) is 30.5 Å². The number of thioether (sulfide) groups is 1. The molecule has 27 heavy (non-hydrogen) atoms. The van der Waals surface area contributed by atoms with Gasteiger partial charge in [-0.05, 0) is 59.5 Å². The Balaban J connectivity index is 1.71. The smallest absolute Gasteiger partial charge is 0.293 e. The van der Waals surface area contributed by atoms with Gasteiger partial charge in [0.1, 0.15) is 5.75 Å². The van der Waals surface area contributed by atoms with Crippen molar-refractivity contribution in [3.8, 4) is 5.75 Å². The molecule has 1 fully saturated rings. The highest BCUT2D eigenvalue weighted by molar-refractivity contribution is 8.18. The number of aryl methyl sites for hydroxylation is 1. The van der Waals surface area contributed by atoms with Crippen LogP contribution >= 0.6 is 11.8 Å². The summed E-state index contributed by atoms with van der Waals surface area (Å²) < 4.78 is 5.67. The van der Waals surface area contributed by atoms with E-state index in [2.05, 4.69) is 13.8 Å². The number of amides is 2. The number of ether oxygens (including phenoxy) is 1. The van der Waals surface area contributed by atoms with Gasteiger partial charge in [0.2, 0.25) is 0 Å². The van der Waals surface area contributed by atoms with Crippen LogP contribution < -0.4 is 4.74 Å². The largest absolute Gasteiger partial charge is 0.493 e. The van der Waals surface area contributed by atoms with Gasteiger partial charge in [-0.2, -0.15) is 0 Å². The van der Waals surface area contributed by atoms with Crippen LogP contribution in [0.15, 0.2) is 53.4 Å². The van der Waals surface area contributed by atoms with Crippen molar-refractivity contribution in [1.29, 1.82) is 0 Å². The van der Waals surface area contributed by atoms with Gasteiger partial charge in [0.15, 0.2) is 0 Å². The topological polar surface area (TPSA) is 46.6 Å². The first-order valence-electron chi connectivity index (χ1n) is 8.97. The van der Waals surface area contributed by atoms with Gasteiger partial charge in [0.25, 0.3) is 11.1 Å². The molecule has 0 saturated carbocycles. The van der Waals surface area contributed by atoms with Crippen molar-refractivity contribution < 1.29 is 14.3 Å². The maximum absolute atomic E-state index is 12.7. The molecular formula is C22H23NO3S. The molecule has 2 aromatic rings. The molecule has 0 N–H and O–H groups in total. The minimum absolute atomic E-state index is 0.230. The number of hydrogen-bond donors (Lipinski definition) is 0. The van der Waals surface area contributed by atoms with Gasteiger partial charge in [-0.25, -0.2) is 0 Å². The van der Waals surface area contributed by atoms with E-state index >= 15 is 0 Å². The molecule has 0 aromatic heterocycles. The molecule has 0 atom stereocenters. The molecule has 0 radical (unpaired) electrons. The van der Waals surface area contributed by atoms with Gasteiger partial charge in [0, 0.05) is 0 Å². The number of carbonyl (C=O) groups excluding carboxylic acids is 2. The summed E-state index contributed by atoms with van der Waals surface area (Å²) in [4.78, 5) is 26.7. The van der Waals surface area contributed by atoms with Crippen molar-refractivity contribution in [2.45, 2.75) is 27.3 Å². The standard InChI is InChI=1S/C22H23NO3S/c1-15(2)14-26-19-10-8-17(9-11-19)12-20-21(24)23(22(25)27-20)13-18-7-5-4-6-16(18)3/h4-12,15H,13-14H2,1-3H3/b20-12-. The zero-order valence-corrected chi connectivity index (χ0v) is 16.6. The van der Waals surface area contributed by atoms with Gasteiger partial charge in [-0.3, -0.25) is 14.5 Å². The fourth-order valence-corrected chi connectivity index (χ4v) is 3.51. The van der Waals surface area contributed by atoms with E-state index in [1.807, 2.05) is 55.5 Å². The number of imide groups is 1. The molecule has 4 nitrogen and oxygen atoms in total. The minimum Gasteiger partial charge on any atom is -0.493 e. The molecule has 1 aliphatic rings. The molecule has 0 spiro atoms. The summed E-state index contributed by atoms with van der Waals surface area (Å²) >= 11 is 0.987. The number of carbonyl (C=O) groups is 2. The molecule has 1 aliphatic heterocycles. The van der Waals surface area contributed by atoms with Crippen LogP contribution in [-0.4, -0.2) is 22.7 Å². The SMILES string of the molecule is Cc1ccccc1CN1C(=O)S/C(=C\c2ccc(OCC(C)C)cc2)C1=O. The highest BCUT2D eigenvalue weighted by atomic mass is 32.2. The minimum atomic E-state index is -0.242. The first-order chi connectivity index (χ1) is 12.9. The Kier molecular flexibility index (Phi) is 6.01. The Bertz CT molecular complexity index is 871. The number of rotatable bonds is 6. The highest BCUT2D eigenvalue weighted by Crippen LogP contribution is 2.33. The van der Waals surface area contributed by atoms with Crippen LogP contribution in [0.25, 0.3) is 6.08 Å². The van der Waals surface area contributed by atoms with E-state index in [9.17, 15) is 9.59 Å². The van der Waals surface area contributed by atoms with Gasteiger partial charge in [-0.1, -0.05) is 50.2 Å². The Morgan fingerprint density at radius 2 is 1.78 bits per heavy atom. The zero-order chi connectivity index (χ0) is 19.4. The van der Waals surface area contributed by atoms with Crippen molar-refractivity contribution in [2.24, 2.45) is 5.92 Å².